The maximum absolute atomic E-state index is 5.74. The predicted octanol–water partition coefficient (Wildman–Crippen LogP) is 3.34. The molecule has 2 aromatic rings. The molecule has 116 valence electrons. The molecule has 0 fully saturated rings. The fraction of sp³-hybridized carbons (Fsp3) is 0.529. The van der Waals surface area contributed by atoms with Crippen molar-refractivity contribution in [2.45, 2.75) is 20.3 Å². The van der Waals surface area contributed by atoms with Gasteiger partial charge in [-0.25, -0.2) is 0 Å². The number of likely N-dealkylation sites (N-methyl/N-ethyl adjacent to an activating group) is 1. The van der Waals surface area contributed by atoms with E-state index in [-0.39, 0.29) is 0 Å². The number of hydrogen-bond acceptors (Lipinski definition) is 4. The SMILES string of the molecule is CCN(CC)CCOCCc1cc2occc2cc1OC. The van der Waals surface area contributed by atoms with Gasteiger partial charge in [0.2, 0.25) is 0 Å². The molecule has 4 heteroatoms. The van der Waals surface area contributed by atoms with Gasteiger partial charge in [0.05, 0.1) is 26.6 Å². The second kappa shape index (κ2) is 8.05. The molecule has 0 radical (unpaired) electrons. The number of fused-ring (bicyclic) bond motifs is 1. The van der Waals surface area contributed by atoms with Crippen molar-refractivity contribution >= 4 is 11.0 Å². The largest absolute Gasteiger partial charge is 0.496 e. The zero-order chi connectivity index (χ0) is 15.1. The normalized spacial score (nSPS) is 11.4. The lowest BCUT2D eigenvalue weighted by atomic mass is 10.1. The lowest BCUT2D eigenvalue weighted by Crippen LogP contribution is -2.27. The van der Waals surface area contributed by atoms with Crippen LogP contribution in [0, 0.1) is 0 Å². The molecule has 0 aliphatic rings. The minimum Gasteiger partial charge on any atom is -0.496 e. The quantitative estimate of drug-likeness (QED) is 0.664. The monoisotopic (exact) mass is 291 g/mol. The number of methoxy groups -OCH3 is 1. The molecule has 4 nitrogen and oxygen atoms in total. The van der Waals surface area contributed by atoms with Crippen molar-refractivity contribution in [2.75, 3.05) is 40.0 Å². The van der Waals surface area contributed by atoms with E-state index < -0.39 is 0 Å². The summed E-state index contributed by atoms with van der Waals surface area (Å²) in [5.74, 6) is 0.899. The van der Waals surface area contributed by atoms with Crippen molar-refractivity contribution in [3.8, 4) is 5.75 Å². The van der Waals surface area contributed by atoms with E-state index in [1.807, 2.05) is 18.2 Å². The molecule has 0 unspecified atom stereocenters. The molecule has 0 bridgehead atoms. The van der Waals surface area contributed by atoms with E-state index in [9.17, 15) is 0 Å². The van der Waals surface area contributed by atoms with Crippen LogP contribution in [0.2, 0.25) is 0 Å². The van der Waals surface area contributed by atoms with Crippen molar-refractivity contribution in [1.82, 2.24) is 4.90 Å². The van der Waals surface area contributed by atoms with E-state index in [0.717, 1.165) is 54.9 Å². The Balaban J connectivity index is 1.85. The van der Waals surface area contributed by atoms with Crippen LogP contribution in [0.3, 0.4) is 0 Å². The summed E-state index contributed by atoms with van der Waals surface area (Å²) in [6.07, 6.45) is 2.53. The Hall–Kier alpha value is -1.52. The number of hydrogen-bond donors (Lipinski definition) is 0. The first-order valence-corrected chi connectivity index (χ1v) is 7.62. The van der Waals surface area contributed by atoms with Gasteiger partial charge in [-0.15, -0.1) is 0 Å². The summed E-state index contributed by atoms with van der Waals surface area (Å²) >= 11 is 0. The Kier molecular flexibility index (Phi) is 6.08. The summed E-state index contributed by atoms with van der Waals surface area (Å²) in [6, 6.07) is 6.01. The van der Waals surface area contributed by atoms with Crippen LogP contribution in [-0.4, -0.2) is 44.9 Å². The molecule has 0 amide bonds. The Morgan fingerprint density at radius 2 is 1.95 bits per heavy atom. The Morgan fingerprint density at radius 1 is 1.14 bits per heavy atom. The third kappa shape index (κ3) is 4.22. The maximum atomic E-state index is 5.74. The highest BCUT2D eigenvalue weighted by Crippen LogP contribution is 2.27. The molecule has 1 aromatic carbocycles. The van der Waals surface area contributed by atoms with E-state index in [1.54, 1.807) is 13.4 Å². The van der Waals surface area contributed by atoms with Gasteiger partial charge < -0.3 is 18.8 Å². The molecule has 0 saturated carbocycles. The topological polar surface area (TPSA) is 34.8 Å². The highest BCUT2D eigenvalue weighted by molar-refractivity contribution is 5.80. The second-order valence-electron chi connectivity index (χ2n) is 5.01. The first-order chi connectivity index (χ1) is 10.3. The predicted molar refractivity (Wildman–Crippen MR) is 85.1 cm³/mol. The molecule has 0 saturated heterocycles. The standard InChI is InChI=1S/C17H25NO3/c1-4-18(5-2)8-11-20-9-6-14-13-17-15(7-10-21-17)12-16(14)19-3/h7,10,12-13H,4-6,8-9,11H2,1-3H3. The fourth-order valence-corrected chi connectivity index (χ4v) is 2.43. The summed E-state index contributed by atoms with van der Waals surface area (Å²) in [7, 11) is 1.70. The lowest BCUT2D eigenvalue weighted by Gasteiger charge is -2.17. The summed E-state index contributed by atoms with van der Waals surface area (Å²) < 4.78 is 16.6. The molecule has 21 heavy (non-hydrogen) atoms. The van der Waals surface area contributed by atoms with Gasteiger partial charge >= 0.3 is 0 Å². The summed E-state index contributed by atoms with van der Waals surface area (Å²) in [6.45, 7) is 8.95. The molecule has 1 aromatic heterocycles. The number of ether oxygens (including phenoxy) is 2. The van der Waals surface area contributed by atoms with Gasteiger partial charge in [-0.2, -0.15) is 0 Å². The first kappa shape index (κ1) is 15.9. The first-order valence-electron chi connectivity index (χ1n) is 7.62. The summed E-state index contributed by atoms with van der Waals surface area (Å²) in [4.78, 5) is 2.36. The molecule has 0 spiro atoms. The molecule has 0 atom stereocenters. The third-order valence-corrected chi connectivity index (χ3v) is 3.82. The molecular formula is C17H25NO3. The van der Waals surface area contributed by atoms with Crippen molar-refractivity contribution in [2.24, 2.45) is 0 Å². The molecule has 0 aliphatic heterocycles. The van der Waals surface area contributed by atoms with Crippen LogP contribution in [0.4, 0.5) is 0 Å². The number of nitrogens with zero attached hydrogens (tertiary/aromatic N) is 1. The highest BCUT2D eigenvalue weighted by Gasteiger charge is 2.07. The highest BCUT2D eigenvalue weighted by atomic mass is 16.5. The van der Waals surface area contributed by atoms with Crippen molar-refractivity contribution < 1.29 is 13.9 Å². The lowest BCUT2D eigenvalue weighted by molar-refractivity contribution is 0.109. The maximum Gasteiger partial charge on any atom is 0.134 e. The van der Waals surface area contributed by atoms with E-state index >= 15 is 0 Å². The number of furan rings is 1. The van der Waals surface area contributed by atoms with Crippen LogP contribution in [-0.2, 0) is 11.2 Å². The molecular weight excluding hydrogens is 266 g/mol. The Bertz CT molecular complexity index is 546. The minimum atomic E-state index is 0.698. The number of benzene rings is 1. The van der Waals surface area contributed by atoms with Crippen LogP contribution in [0.1, 0.15) is 19.4 Å². The van der Waals surface area contributed by atoms with Crippen LogP contribution in [0.15, 0.2) is 28.9 Å². The Morgan fingerprint density at radius 3 is 2.67 bits per heavy atom. The zero-order valence-corrected chi connectivity index (χ0v) is 13.2. The Labute approximate surface area is 126 Å². The van der Waals surface area contributed by atoms with Gasteiger partial charge in [-0.3, -0.25) is 0 Å². The average Bonchev–Trinajstić information content (AvgIpc) is 2.97. The van der Waals surface area contributed by atoms with Crippen molar-refractivity contribution in [3.63, 3.8) is 0 Å². The van der Waals surface area contributed by atoms with Gasteiger partial charge in [0, 0.05) is 17.5 Å². The van der Waals surface area contributed by atoms with Crippen LogP contribution >= 0.6 is 0 Å². The summed E-state index contributed by atoms with van der Waals surface area (Å²) in [5, 5.41) is 1.07. The fourth-order valence-electron chi connectivity index (χ4n) is 2.43. The van der Waals surface area contributed by atoms with Crippen molar-refractivity contribution in [1.29, 1.82) is 0 Å². The summed E-state index contributed by atoms with van der Waals surface area (Å²) in [5.41, 5.74) is 2.02. The van der Waals surface area contributed by atoms with Crippen LogP contribution in [0.25, 0.3) is 11.0 Å². The van der Waals surface area contributed by atoms with E-state index in [1.165, 1.54) is 0 Å². The molecule has 0 N–H and O–H groups in total. The molecule has 2 rings (SSSR count). The molecule has 0 aliphatic carbocycles. The van der Waals surface area contributed by atoms with E-state index in [2.05, 4.69) is 18.7 Å². The zero-order valence-electron chi connectivity index (χ0n) is 13.2. The van der Waals surface area contributed by atoms with Crippen molar-refractivity contribution in [3.05, 3.63) is 30.0 Å². The average molecular weight is 291 g/mol. The van der Waals surface area contributed by atoms with Gasteiger partial charge in [0.1, 0.15) is 11.3 Å². The van der Waals surface area contributed by atoms with E-state index in [0.29, 0.717) is 6.61 Å². The third-order valence-electron chi connectivity index (χ3n) is 3.82. The second-order valence-corrected chi connectivity index (χ2v) is 5.01. The minimum absolute atomic E-state index is 0.698. The number of rotatable bonds is 9. The smallest absolute Gasteiger partial charge is 0.134 e. The van der Waals surface area contributed by atoms with E-state index in [4.69, 9.17) is 13.9 Å². The van der Waals surface area contributed by atoms with Gasteiger partial charge in [0.15, 0.2) is 0 Å². The van der Waals surface area contributed by atoms with Crippen LogP contribution < -0.4 is 4.74 Å². The van der Waals surface area contributed by atoms with Gasteiger partial charge in [0.25, 0.3) is 0 Å². The van der Waals surface area contributed by atoms with Gasteiger partial charge in [-0.05, 0) is 37.7 Å². The van der Waals surface area contributed by atoms with Gasteiger partial charge in [-0.1, -0.05) is 13.8 Å². The van der Waals surface area contributed by atoms with Crippen LogP contribution in [0.5, 0.6) is 5.75 Å². The molecule has 1 heterocycles.